The number of benzene rings is 2. The van der Waals surface area contributed by atoms with E-state index in [0.717, 1.165) is 70.2 Å². The molecule has 0 atom stereocenters. The fourth-order valence-electron chi connectivity index (χ4n) is 11.5. The predicted molar refractivity (Wildman–Crippen MR) is 263 cm³/mol. The van der Waals surface area contributed by atoms with Gasteiger partial charge in [-0.25, -0.2) is 9.13 Å². The second-order valence-corrected chi connectivity index (χ2v) is 29.1. The summed E-state index contributed by atoms with van der Waals surface area (Å²) in [6.07, 6.45) is 3.31. The maximum atomic E-state index is 14.9. The molecule has 0 saturated carbocycles. The highest BCUT2D eigenvalue weighted by Gasteiger charge is 2.59. The van der Waals surface area contributed by atoms with Crippen LogP contribution in [0.4, 0.5) is 0 Å². The van der Waals surface area contributed by atoms with Crippen molar-refractivity contribution in [3.63, 3.8) is 0 Å². The number of aliphatic hydroxyl groups excluding tert-OH is 3. The van der Waals surface area contributed by atoms with Gasteiger partial charge in [-0.2, -0.15) is 4.31 Å². The minimum atomic E-state index is -5.05. The molecule has 372 valence electrons. The third kappa shape index (κ3) is 16.4. The molecule has 0 radical (unpaired) electrons. The molecule has 0 spiro atoms. The van der Waals surface area contributed by atoms with Gasteiger partial charge >= 0.3 is 15.6 Å². The molecule has 0 saturated heterocycles. The molecule has 0 unspecified atom stereocenters. The van der Waals surface area contributed by atoms with Crippen molar-refractivity contribution in [2.24, 2.45) is 27.1 Å². The van der Waals surface area contributed by atoms with Gasteiger partial charge in [0.2, 0.25) is 0 Å². The summed E-state index contributed by atoms with van der Waals surface area (Å²) in [5, 5.41) is 50.3. The van der Waals surface area contributed by atoms with Gasteiger partial charge in [0.25, 0.3) is 0 Å². The summed E-state index contributed by atoms with van der Waals surface area (Å²) in [6, 6.07) is 8.98. The molecule has 0 amide bonds. The number of aliphatic hydroxyl groups is 4. The van der Waals surface area contributed by atoms with Crippen LogP contribution in [0, 0.1) is 40.9 Å². The molecular formula is C51H92O11P2. The van der Waals surface area contributed by atoms with Crippen LogP contribution in [0.5, 0.6) is 0 Å². The average Bonchev–Trinajstić information content (AvgIpc) is 2.99. The third-order valence-corrected chi connectivity index (χ3v) is 13.7. The Bertz CT molecular complexity index is 1750. The van der Waals surface area contributed by atoms with Crippen molar-refractivity contribution < 1.29 is 53.4 Å². The zero-order valence-electron chi connectivity index (χ0n) is 44.0. The van der Waals surface area contributed by atoms with Crippen LogP contribution >= 0.6 is 15.6 Å². The Morgan fingerprint density at radius 1 is 0.422 bits per heavy atom. The highest BCUT2D eigenvalue weighted by atomic mass is 31.3. The first kappa shape index (κ1) is 60.6. The van der Waals surface area contributed by atoms with Gasteiger partial charge in [0.1, 0.15) is 5.60 Å². The Kier molecular flexibility index (Phi) is 18.8. The molecule has 0 fully saturated rings. The molecule has 0 bridgehead atoms. The summed E-state index contributed by atoms with van der Waals surface area (Å²) in [5.41, 5.74) is 1.91. The van der Waals surface area contributed by atoms with E-state index in [2.05, 4.69) is 181 Å². The Morgan fingerprint density at radius 3 is 0.734 bits per heavy atom. The Morgan fingerprint density at radius 2 is 0.609 bits per heavy atom. The number of aryl methyl sites for hydroxylation is 2. The SMILES string of the molecule is Cc1cc(C(C)(C)CC(C)(C)C)c(C(O)(c2c(C(C)(C)CC(C)(C)C)cc(C)cc2C(C)(C)CC(C)(C)C)C(CO)(CO)CO)c(C(C)(C)CC(C)(C)C)c1.O=P(O)(O)OP(=O)(O)O. The van der Waals surface area contributed by atoms with Crippen molar-refractivity contribution in [2.75, 3.05) is 19.8 Å². The number of phosphoric acid groups is 2. The quantitative estimate of drug-likeness (QED) is 0.0743. The second kappa shape index (κ2) is 19.9. The van der Waals surface area contributed by atoms with E-state index in [1.807, 2.05) is 0 Å². The molecule has 0 heterocycles. The first-order valence-electron chi connectivity index (χ1n) is 22.7. The van der Waals surface area contributed by atoms with E-state index < -0.39 is 68.1 Å². The minimum absolute atomic E-state index is 0.0463. The molecule has 0 aliphatic rings. The van der Waals surface area contributed by atoms with E-state index in [4.69, 9.17) is 19.6 Å². The normalized spacial score (nSPS) is 14.7. The summed E-state index contributed by atoms with van der Waals surface area (Å²) in [5.74, 6) is 0. The maximum absolute atomic E-state index is 14.9. The molecule has 2 aromatic carbocycles. The van der Waals surface area contributed by atoms with Gasteiger partial charge in [-0.05, 0) is 116 Å². The zero-order chi connectivity index (χ0) is 51.1. The predicted octanol–water partition coefficient (Wildman–Crippen LogP) is 11.5. The van der Waals surface area contributed by atoms with Crippen LogP contribution in [-0.4, -0.2) is 59.8 Å². The first-order chi connectivity index (χ1) is 28.0. The van der Waals surface area contributed by atoms with E-state index in [1.165, 1.54) is 0 Å². The number of hydrogen-bond donors (Lipinski definition) is 8. The van der Waals surface area contributed by atoms with E-state index in [9.17, 15) is 29.6 Å². The molecule has 11 nitrogen and oxygen atoms in total. The fraction of sp³-hybridized carbons (Fsp3) is 0.765. The maximum Gasteiger partial charge on any atom is 0.478 e. The average molecular weight is 943 g/mol. The largest absolute Gasteiger partial charge is 0.478 e. The molecule has 0 aliphatic heterocycles. The summed E-state index contributed by atoms with van der Waals surface area (Å²) in [4.78, 5) is 31.0. The molecule has 13 heteroatoms. The Hall–Kier alpha value is -1.46. The molecule has 8 N–H and O–H groups in total. The lowest BCUT2D eigenvalue weighted by Gasteiger charge is -2.53. The molecule has 2 rings (SSSR count). The van der Waals surface area contributed by atoms with Crippen molar-refractivity contribution in [2.45, 2.75) is 205 Å². The van der Waals surface area contributed by atoms with Gasteiger partial charge in [0.05, 0.1) is 25.2 Å². The van der Waals surface area contributed by atoms with Crippen molar-refractivity contribution in [3.05, 3.63) is 68.8 Å². The highest BCUT2D eigenvalue weighted by molar-refractivity contribution is 7.60. The molecule has 0 aliphatic carbocycles. The summed E-state index contributed by atoms with van der Waals surface area (Å²) < 4.78 is 22.2. The van der Waals surface area contributed by atoms with E-state index in [-0.39, 0.29) is 21.7 Å². The van der Waals surface area contributed by atoms with Gasteiger partial charge in [0.15, 0.2) is 0 Å². The van der Waals surface area contributed by atoms with E-state index in [0.29, 0.717) is 0 Å². The summed E-state index contributed by atoms with van der Waals surface area (Å²) in [7, 11) is -10.1. The molecular weight excluding hydrogens is 850 g/mol. The molecule has 2 aromatic rings. The summed E-state index contributed by atoms with van der Waals surface area (Å²) in [6.45, 7) is 47.8. The monoisotopic (exact) mass is 943 g/mol. The van der Waals surface area contributed by atoms with E-state index >= 15 is 0 Å². The molecule has 0 aromatic heterocycles. The van der Waals surface area contributed by atoms with Crippen LogP contribution < -0.4 is 0 Å². The lowest BCUT2D eigenvalue weighted by molar-refractivity contribution is -0.139. The Balaban J connectivity index is 0.00000204. The minimum Gasteiger partial charge on any atom is -0.395 e. The van der Waals surface area contributed by atoms with E-state index in [1.54, 1.807) is 0 Å². The third-order valence-electron chi connectivity index (χ3n) is 12.0. The van der Waals surface area contributed by atoms with Crippen LogP contribution in [0.15, 0.2) is 24.3 Å². The van der Waals surface area contributed by atoms with Gasteiger partial charge in [0, 0.05) is 0 Å². The van der Waals surface area contributed by atoms with Crippen LogP contribution in [0.25, 0.3) is 0 Å². The van der Waals surface area contributed by atoms with Crippen molar-refractivity contribution in [1.82, 2.24) is 0 Å². The highest BCUT2D eigenvalue weighted by Crippen LogP contribution is 2.59. The number of hydrogen-bond acceptors (Lipinski definition) is 7. The van der Waals surface area contributed by atoms with Crippen LogP contribution in [0.3, 0.4) is 0 Å². The number of rotatable bonds is 16. The summed E-state index contributed by atoms with van der Waals surface area (Å²) >= 11 is 0. The first-order valence-corrected chi connectivity index (χ1v) is 25.7. The standard InChI is InChI=1S/C51H88O4.H4O7P2/c1-34-23-36(46(15,16)27-42(3,4)5)40(37(24-34)47(17,18)28-43(6,7)8)51(55,50(31-52,32-53)33-54)41-38(48(19,20)29-44(9,10)11)25-35(2)26-39(41)49(21,22)30-45(12,13)14;1-8(2,3)7-9(4,5)6/h23-26,52-55H,27-33H2,1-22H3;(H2,1,2,3)(H2,4,5,6). The van der Waals surface area contributed by atoms with Crippen LogP contribution in [0.2, 0.25) is 0 Å². The van der Waals surface area contributed by atoms with Gasteiger partial charge < -0.3 is 40.0 Å². The lowest BCUT2D eigenvalue weighted by atomic mass is 9.54. The second-order valence-electron chi connectivity index (χ2n) is 26.5. The zero-order valence-corrected chi connectivity index (χ0v) is 45.7. The van der Waals surface area contributed by atoms with Crippen molar-refractivity contribution in [1.29, 1.82) is 0 Å². The lowest BCUT2D eigenvalue weighted by Crippen LogP contribution is -2.57. The molecule has 64 heavy (non-hydrogen) atoms. The van der Waals surface area contributed by atoms with Crippen molar-refractivity contribution in [3.8, 4) is 0 Å². The topological polar surface area (TPSA) is 205 Å². The van der Waals surface area contributed by atoms with Crippen LogP contribution in [-0.2, 0) is 40.7 Å². The Labute approximate surface area is 388 Å². The van der Waals surface area contributed by atoms with Gasteiger partial charge in [-0.1, -0.05) is 174 Å². The fourth-order valence-corrected chi connectivity index (χ4v) is 12.6. The van der Waals surface area contributed by atoms with Crippen molar-refractivity contribution >= 4 is 15.6 Å². The smallest absolute Gasteiger partial charge is 0.395 e. The van der Waals surface area contributed by atoms with Gasteiger partial charge in [-0.3, -0.25) is 0 Å². The van der Waals surface area contributed by atoms with Gasteiger partial charge in [-0.15, -0.1) is 0 Å². The van der Waals surface area contributed by atoms with Crippen LogP contribution in [0.1, 0.15) is 209 Å².